The van der Waals surface area contributed by atoms with Crippen molar-refractivity contribution in [3.63, 3.8) is 0 Å². The zero-order chi connectivity index (χ0) is 24.2. The molecule has 1 aromatic heterocycles. The SMILES string of the molecule is CCOC(=O)C1=C(C)Nc2nc(SCc3ccccc3F)nn2C1c1ccc(OC(C)C)cc1. The molecule has 1 aliphatic heterocycles. The van der Waals surface area contributed by atoms with Crippen molar-refractivity contribution in [1.82, 2.24) is 14.8 Å². The normalized spacial score (nSPS) is 15.2. The number of fused-ring (bicyclic) bond motifs is 1. The zero-order valence-corrected chi connectivity index (χ0v) is 20.4. The molecule has 2 aromatic carbocycles. The number of benzene rings is 2. The van der Waals surface area contributed by atoms with E-state index in [1.165, 1.54) is 17.8 Å². The minimum absolute atomic E-state index is 0.0536. The molecule has 0 saturated heterocycles. The fraction of sp³-hybridized carbons (Fsp3) is 0.320. The van der Waals surface area contributed by atoms with Crippen molar-refractivity contribution in [2.75, 3.05) is 11.9 Å². The van der Waals surface area contributed by atoms with E-state index in [9.17, 15) is 9.18 Å². The molecular weight excluding hydrogens is 455 g/mol. The lowest BCUT2D eigenvalue weighted by Crippen LogP contribution is -2.29. The van der Waals surface area contributed by atoms with Crippen LogP contribution in [-0.2, 0) is 15.3 Å². The van der Waals surface area contributed by atoms with Crippen LogP contribution in [-0.4, -0.2) is 33.4 Å². The Morgan fingerprint density at radius 2 is 1.94 bits per heavy atom. The highest BCUT2D eigenvalue weighted by Crippen LogP contribution is 2.37. The van der Waals surface area contributed by atoms with Gasteiger partial charge in [-0.3, -0.25) is 0 Å². The Morgan fingerprint density at radius 1 is 1.21 bits per heavy atom. The molecule has 1 N–H and O–H groups in total. The number of carbonyl (C=O) groups excluding carboxylic acids is 1. The van der Waals surface area contributed by atoms with Crippen LogP contribution < -0.4 is 10.1 Å². The lowest BCUT2D eigenvalue weighted by molar-refractivity contribution is -0.139. The molecule has 4 rings (SSSR count). The fourth-order valence-electron chi connectivity index (χ4n) is 3.73. The number of allylic oxidation sites excluding steroid dienone is 1. The molecule has 1 aliphatic rings. The second-order valence-electron chi connectivity index (χ2n) is 8.06. The first-order valence-corrected chi connectivity index (χ1v) is 12.1. The van der Waals surface area contributed by atoms with Crippen LogP contribution in [0.4, 0.5) is 10.3 Å². The lowest BCUT2D eigenvalue weighted by atomic mass is 9.96. The topological polar surface area (TPSA) is 78.3 Å². The number of nitrogens with one attached hydrogen (secondary N) is 1. The van der Waals surface area contributed by atoms with E-state index in [0.717, 1.165) is 11.3 Å². The van der Waals surface area contributed by atoms with Gasteiger partial charge in [-0.15, -0.1) is 5.10 Å². The summed E-state index contributed by atoms with van der Waals surface area (Å²) in [5, 5.41) is 8.31. The second-order valence-corrected chi connectivity index (χ2v) is 9.01. The molecule has 178 valence electrons. The van der Waals surface area contributed by atoms with Gasteiger partial charge in [-0.25, -0.2) is 13.9 Å². The van der Waals surface area contributed by atoms with Crippen LogP contribution >= 0.6 is 11.8 Å². The molecule has 2 heterocycles. The van der Waals surface area contributed by atoms with Crippen LogP contribution in [0.2, 0.25) is 0 Å². The number of rotatable bonds is 8. The van der Waals surface area contributed by atoms with E-state index < -0.39 is 12.0 Å². The highest BCUT2D eigenvalue weighted by molar-refractivity contribution is 7.98. The summed E-state index contributed by atoms with van der Waals surface area (Å²) < 4.78 is 26.8. The Bertz CT molecular complexity index is 1210. The van der Waals surface area contributed by atoms with Gasteiger partial charge >= 0.3 is 5.97 Å². The number of carbonyl (C=O) groups is 1. The highest BCUT2D eigenvalue weighted by atomic mass is 32.2. The van der Waals surface area contributed by atoms with E-state index in [1.807, 2.05) is 45.0 Å². The van der Waals surface area contributed by atoms with Crippen LogP contribution in [0.5, 0.6) is 5.75 Å². The summed E-state index contributed by atoms with van der Waals surface area (Å²) in [7, 11) is 0. The first-order chi connectivity index (χ1) is 16.4. The maximum atomic E-state index is 14.0. The van der Waals surface area contributed by atoms with Crippen molar-refractivity contribution in [3.05, 3.63) is 76.7 Å². The molecule has 34 heavy (non-hydrogen) atoms. The molecule has 1 unspecified atom stereocenters. The van der Waals surface area contributed by atoms with E-state index in [2.05, 4.69) is 15.4 Å². The summed E-state index contributed by atoms with van der Waals surface area (Å²) in [6.07, 6.45) is 0.0536. The number of hydrogen-bond donors (Lipinski definition) is 1. The van der Waals surface area contributed by atoms with E-state index in [-0.39, 0.29) is 18.5 Å². The molecule has 3 aromatic rings. The Morgan fingerprint density at radius 3 is 2.62 bits per heavy atom. The summed E-state index contributed by atoms with van der Waals surface area (Å²) in [5.74, 6) is 0.960. The minimum Gasteiger partial charge on any atom is -0.491 e. The first kappa shape index (κ1) is 23.8. The smallest absolute Gasteiger partial charge is 0.338 e. The third-order valence-electron chi connectivity index (χ3n) is 5.21. The van der Waals surface area contributed by atoms with Gasteiger partial charge in [0.05, 0.1) is 18.3 Å². The number of nitrogens with zero attached hydrogens (tertiary/aromatic N) is 3. The molecular formula is C25H27FN4O3S. The van der Waals surface area contributed by atoms with Gasteiger partial charge in [-0.2, -0.15) is 4.98 Å². The predicted octanol–water partition coefficient (Wildman–Crippen LogP) is 5.35. The Hall–Kier alpha value is -3.33. The molecule has 0 fully saturated rings. The molecule has 0 amide bonds. The van der Waals surface area contributed by atoms with Gasteiger partial charge in [0.1, 0.15) is 17.6 Å². The first-order valence-electron chi connectivity index (χ1n) is 11.1. The largest absolute Gasteiger partial charge is 0.491 e. The van der Waals surface area contributed by atoms with Crippen LogP contribution in [0.15, 0.2) is 65.0 Å². The fourth-order valence-corrected chi connectivity index (χ4v) is 4.55. The van der Waals surface area contributed by atoms with E-state index >= 15 is 0 Å². The molecule has 0 saturated carbocycles. The second kappa shape index (κ2) is 10.3. The van der Waals surface area contributed by atoms with Gasteiger partial charge in [-0.05, 0) is 57.0 Å². The molecule has 7 nitrogen and oxygen atoms in total. The molecule has 9 heteroatoms. The summed E-state index contributed by atoms with van der Waals surface area (Å²) in [6, 6.07) is 13.7. The van der Waals surface area contributed by atoms with Crippen molar-refractivity contribution < 1.29 is 18.7 Å². The monoisotopic (exact) mass is 482 g/mol. The standard InChI is InChI=1S/C25H27FN4O3S/c1-5-32-23(31)21-16(4)27-24-28-25(34-14-18-8-6-7-9-20(18)26)29-30(24)22(21)17-10-12-19(13-11-17)33-15(2)3/h6-13,15,22H,5,14H2,1-4H3,(H,27,28,29). The molecule has 1 atom stereocenters. The van der Waals surface area contributed by atoms with E-state index in [4.69, 9.17) is 9.47 Å². The van der Waals surface area contributed by atoms with Gasteiger partial charge in [0.2, 0.25) is 11.1 Å². The van der Waals surface area contributed by atoms with Crippen molar-refractivity contribution in [2.24, 2.45) is 0 Å². The summed E-state index contributed by atoms with van der Waals surface area (Å²) in [6.45, 7) is 7.79. The predicted molar refractivity (Wildman–Crippen MR) is 129 cm³/mol. The number of hydrogen-bond acceptors (Lipinski definition) is 7. The zero-order valence-electron chi connectivity index (χ0n) is 19.5. The minimum atomic E-state index is -0.529. The Labute approximate surface area is 202 Å². The maximum Gasteiger partial charge on any atom is 0.338 e. The average Bonchev–Trinajstić information content (AvgIpc) is 3.20. The van der Waals surface area contributed by atoms with Crippen molar-refractivity contribution >= 4 is 23.7 Å². The van der Waals surface area contributed by atoms with Crippen molar-refractivity contribution in [1.29, 1.82) is 0 Å². The quantitative estimate of drug-likeness (QED) is 0.343. The van der Waals surface area contributed by atoms with Gasteiger partial charge in [0.25, 0.3) is 0 Å². The van der Waals surface area contributed by atoms with Gasteiger partial charge < -0.3 is 14.8 Å². The number of aromatic nitrogens is 3. The van der Waals surface area contributed by atoms with Crippen LogP contribution in [0.3, 0.4) is 0 Å². The average molecular weight is 483 g/mol. The number of esters is 1. The maximum absolute atomic E-state index is 14.0. The van der Waals surface area contributed by atoms with Gasteiger partial charge in [0.15, 0.2) is 0 Å². The molecule has 0 spiro atoms. The third-order valence-corrected chi connectivity index (χ3v) is 6.10. The summed E-state index contributed by atoms with van der Waals surface area (Å²) in [5.41, 5.74) is 2.53. The Kier molecular flexibility index (Phi) is 7.21. The Balaban J connectivity index is 1.68. The number of thioether (sulfide) groups is 1. The third kappa shape index (κ3) is 5.09. The van der Waals surface area contributed by atoms with Gasteiger partial charge in [0, 0.05) is 11.4 Å². The van der Waals surface area contributed by atoms with Gasteiger partial charge in [-0.1, -0.05) is 42.1 Å². The van der Waals surface area contributed by atoms with Crippen LogP contribution in [0.25, 0.3) is 0 Å². The molecule has 0 aliphatic carbocycles. The lowest BCUT2D eigenvalue weighted by Gasteiger charge is -2.28. The van der Waals surface area contributed by atoms with Crippen molar-refractivity contribution in [3.8, 4) is 5.75 Å². The number of ether oxygens (including phenoxy) is 2. The molecule has 0 bridgehead atoms. The van der Waals surface area contributed by atoms with Crippen LogP contribution in [0, 0.1) is 5.82 Å². The van der Waals surface area contributed by atoms with E-state index in [1.54, 1.807) is 29.8 Å². The van der Waals surface area contributed by atoms with Crippen molar-refractivity contribution in [2.45, 2.75) is 50.8 Å². The highest BCUT2D eigenvalue weighted by Gasteiger charge is 2.35. The molecule has 0 radical (unpaired) electrons. The number of halogens is 1. The van der Waals surface area contributed by atoms with E-state index in [0.29, 0.717) is 33.7 Å². The van der Waals surface area contributed by atoms with Crippen LogP contribution in [0.1, 0.15) is 44.9 Å². The number of anilines is 1. The summed E-state index contributed by atoms with van der Waals surface area (Å²) in [4.78, 5) is 17.5. The summed E-state index contributed by atoms with van der Waals surface area (Å²) >= 11 is 1.33.